The summed E-state index contributed by atoms with van der Waals surface area (Å²) < 4.78 is 39.3. The fraction of sp³-hybridized carbons (Fsp3) is 0.333. The van der Waals surface area contributed by atoms with E-state index < -0.39 is 11.9 Å². The quantitative estimate of drug-likeness (QED) is 0.930. The lowest BCUT2D eigenvalue weighted by Crippen LogP contribution is -2.25. The lowest BCUT2D eigenvalue weighted by Gasteiger charge is -2.15. The number of halogens is 3. The molecule has 2 aromatic rings. The fourth-order valence-corrected chi connectivity index (χ4v) is 2.46. The molecule has 3 heterocycles. The van der Waals surface area contributed by atoms with Crippen LogP contribution in [0.3, 0.4) is 0 Å². The lowest BCUT2D eigenvalue weighted by atomic mass is 10.2. The summed E-state index contributed by atoms with van der Waals surface area (Å²) in [6.07, 6.45) is -1.48. The van der Waals surface area contributed by atoms with Crippen LogP contribution in [0.25, 0.3) is 11.4 Å². The molecule has 0 aromatic carbocycles. The molecule has 0 unspecified atom stereocenters. The van der Waals surface area contributed by atoms with Crippen LogP contribution >= 0.6 is 0 Å². The largest absolute Gasteiger partial charge is 0.433 e. The van der Waals surface area contributed by atoms with Crippen molar-refractivity contribution in [2.75, 3.05) is 18.9 Å². The van der Waals surface area contributed by atoms with E-state index >= 15 is 0 Å². The summed E-state index contributed by atoms with van der Waals surface area (Å²) in [5.41, 5.74) is -0.664. The summed E-state index contributed by atoms with van der Waals surface area (Å²) in [6.45, 7) is 0.409. The molecule has 1 N–H and O–H groups in total. The van der Waals surface area contributed by atoms with Gasteiger partial charge in [-0.3, -0.25) is 9.78 Å². The topological polar surface area (TPSA) is 71.0 Å². The molecule has 6 nitrogen and oxygen atoms in total. The number of alkyl halides is 3. The summed E-state index contributed by atoms with van der Waals surface area (Å²) in [7, 11) is 1.65. The molecule has 0 spiro atoms. The molecule has 0 aliphatic carbocycles. The highest BCUT2D eigenvalue weighted by atomic mass is 19.4. The Kier molecular flexibility index (Phi) is 4.08. The maximum atomic E-state index is 13.1. The number of carbonyl (C=O) groups excluding carboxylic acids is 1. The molecule has 126 valence electrons. The van der Waals surface area contributed by atoms with E-state index in [4.69, 9.17) is 0 Å². The van der Waals surface area contributed by atoms with E-state index in [9.17, 15) is 18.0 Å². The number of nitrogens with one attached hydrogen (secondary N) is 1. The van der Waals surface area contributed by atoms with Gasteiger partial charge in [0, 0.05) is 44.0 Å². The van der Waals surface area contributed by atoms with E-state index in [0.717, 1.165) is 6.07 Å². The van der Waals surface area contributed by atoms with Crippen LogP contribution in [0.5, 0.6) is 0 Å². The van der Waals surface area contributed by atoms with Crippen molar-refractivity contribution >= 4 is 11.7 Å². The van der Waals surface area contributed by atoms with Gasteiger partial charge < -0.3 is 10.2 Å². The van der Waals surface area contributed by atoms with Crippen molar-refractivity contribution in [3.05, 3.63) is 36.3 Å². The number of likely N-dealkylation sites (tertiary alicyclic amines) is 1. The smallest absolute Gasteiger partial charge is 0.365 e. The number of hydrogen-bond donors (Lipinski definition) is 1. The normalized spacial score (nSPS) is 18.1. The number of hydrogen-bond acceptors (Lipinski definition) is 5. The molecule has 0 radical (unpaired) electrons. The Morgan fingerprint density at radius 1 is 1.33 bits per heavy atom. The van der Waals surface area contributed by atoms with E-state index in [1.54, 1.807) is 19.2 Å². The molecule has 3 rings (SSSR count). The van der Waals surface area contributed by atoms with Crippen molar-refractivity contribution in [3.63, 3.8) is 0 Å². The van der Waals surface area contributed by atoms with Crippen molar-refractivity contribution in [2.24, 2.45) is 0 Å². The summed E-state index contributed by atoms with van der Waals surface area (Å²) in [5, 5.41) is 2.89. The minimum atomic E-state index is -4.60. The van der Waals surface area contributed by atoms with Gasteiger partial charge in [0.25, 0.3) is 0 Å². The molecule has 1 fully saturated rings. The van der Waals surface area contributed by atoms with Gasteiger partial charge in [0.05, 0.1) is 6.04 Å². The highest BCUT2D eigenvalue weighted by Crippen LogP contribution is 2.31. The van der Waals surface area contributed by atoms with Crippen molar-refractivity contribution in [3.8, 4) is 11.4 Å². The van der Waals surface area contributed by atoms with Gasteiger partial charge in [-0.05, 0) is 12.1 Å². The lowest BCUT2D eigenvalue weighted by molar-refractivity contribution is -0.141. The zero-order valence-electron chi connectivity index (χ0n) is 12.7. The van der Waals surface area contributed by atoms with Crippen LogP contribution in [-0.4, -0.2) is 45.4 Å². The van der Waals surface area contributed by atoms with Crippen LogP contribution in [0.2, 0.25) is 0 Å². The average molecular weight is 337 g/mol. The van der Waals surface area contributed by atoms with E-state index in [2.05, 4.69) is 20.3 Å². The van der Waals surface area contributed by atoms with Crippen molar-refractivity contribution in [1.82, 2.24) is 19.9 Å². The van der Waals surface area contributed by atoms with Crippen LogP contribution in [-0.2, 0) is 11.0 Å². The summed E-state index contributed by atoms with van der Waals surface area (Å²) in [4.78, 5) is 24.7. The van der Waals surface area contributed by atoms with Crippen molar-refractivity contribution < 1.29 is 18.0 Å². The van der Waals surface area contributed by atoms with E-state index in [1.165, 1.54) is 17.3 Å². The Hall–Kier alpha value is -2.71. The van der Waals surface area contributed by atoms with Gasteiger partial charge in [-0.1, -0.05) is 0 Å². The first kappa shape index (κ1) is 16.2. The Morgan fingerprint density at radius 3 is 2.71 bits per heavy atom. The molecule has 9 heteroatoms. The molecular formula is C15H14F3N5O. The van der Waals surface area contributed by atoms with Gasteiger partial charge in [0.1, 0.15) is 5.82 Å². The molecule has 1 amide bonds. The molecule has 0 bridgehead atoms. The van der Waals surface area contributed by atoms with E-state index in [0.29, 0.717) is 12.1 Å². The Morgan fingerprint density at radius 2 is 2.12 bits per heavy atom. The first-order chi connectivity index (χ1) is 11.3. The summed E-state index contributed by atoms with van der Waals surface area (Å²) in [6, 6.07) is 3.73. The number of likely N-dealkylation sites (N-methyl/N-ethyl adjacent to an activating group) is 1. The number of anilines is 1. The third kappa shape index (κ3) is 3.44. The fourth-order valence-electron chi connectivity index (χ4n) is 2.46. The van der Waals surface area contributed by atoms with Crippen LogP contribution in [0.1, 0.15) is 12.1 Å². The zero-order chi connectivity index (χ0) is 17.3. The van der Waals surface area contributed by atoms with E-state index in [-0.39, 0.29) is 30.0 Å². The highest BCUT2D eigenvalue weighted by Gasteiger charge is 2.34. The van der Waals surface area contributed by atoms with Gasteiger partial charge >= 0.3 is 6.18 Å². The van der Waals surface area contributed by atoms with Crippen molar-refractivity contribution in [2.45, 2.75) is 18.6 Å². The number of rotatable bonds is 3. The highest BCUT2D eigenvalue weighted by molar-refractivity contribution is 5.79. The predicted octanol–water partition coefficient (Wildman–Crippen LogP) is 2.20. The minimum Gasteiger partial charge on any atom is -0.365 e. The van der Waals surface area contributed by atoms with Crippen LogP contribution in [0.15, 0.2) is 30.6 Å². The van der Waals surface area contributed by atoms with Gasteiger partial charge in [0.15, 0.2) is 11.5 Å². The number of nitrogens with zero attached hydrogens (tertiary/aromatic N) is 4. The molecule has 0 saturated carbocycles. The van der Waals surface area contributed by atoms with Gasteiger partial charge in [-0.25, -0.2) is 9.97 Å². The summed E-state index contributed by atoms with van der Waals surface area (Å²) in [5.74, 6) is -0.104. The second kappa shape index (κ2) is 6.06. The average Bonchev–Trinajstić information content (AvgIpc) is 2.85. The van der Waals surface area contributed by atoms with Crippen LogP contribution < -0.4 is 5.32 Å². The molecular weight excluding hydrogens is 323 g/mol. The predicted molar refractivity (Wildman–Crippen MR) is 79.9 cm³/mol. The monoisotopic (exact) mass is 337 g/mol. The third-order valence-corrected chi connectivity index (χ3v) is 3.63. The Bertz CT molecular complexity index is 751. The molecule has 1 saturated heterocycles. The van der Waals surface area contributed by atoms with Gasteiger partial charge in [-0.15, -0.1) is 0 Å². The number of carbonyl (C=O) groups is 1. The number of pyridine rings is 1. The Labute approximate surface area is 135 Å². The summed E-state index contributed by atoms with van der Waals surface area (Å²) >= 11 is 0. The third-order valence-electron chi connectivity index (χ3n) is 3.63. The molecule has 1 aliphatic rings. The molecule has 2 aromatic heterocycles. The number of amides is 1. The minimum absolute atomic E-state index is 0.0317. The molecule has 1 aliphatic heterocycles. The maximum absolute atomic E-state index is 13.1. The number of aromatic nitrogens is 3. The second-order valence-electron chi connectivity index (χ2n) is 5.52. The molecule has 24 heavy (non-hydrogen) atoms. The van der Waals surface area contributed by atoms with E-state index in [1.807, 2.05) is 0 Å². The van der Waals surface area contributed by atoms with Crippen molar-refractivity contribution in [1.29, 1.82) is 0 Å². The second-order valence-corrected chi connectivity index (χ2v) is 5.52. The first-order valence-corrected chi connectivity index (χ1v) is 7.20. The molecule has 1 atom stereocenters. The Balaban J connectivity index is 1.95. The van der Waals surface area contributed by atoms with Crippen LogP contribution in [0, 0.1) is 0 Å². The van der Waals surface area contributed by atoms with Gasteiger partial charge in [0.2, 0.25) is 5.91 Å². The standard InChI is InChI=1S/C15H14F3N5O/c1-23-8-10(5-13(23)24)20-12-6-11(15(16,17)18)21-14(22-12)9-3-2-4-19-7-9/h2-4,6-7,10H,5,8H2,1H3,(H,20,21,22)/t10-/m1/s1. The van der Waals surface area contributed by atoms with Crippen LogP contribution in [0.4, 0.5) is 19.0 Å². The maximum Gasteiger partial charge on any atom is 0.433 e. The first-order valence-electron chi connectivity index (χ1n) is 7.20. The van der Waals surface area contributed by atoms with Gasteiger partial charge in [-0.2, -0.15) is 13.2 Å². The zero-order valence-corrected chi connectivity index (χ0v) is 12.7. The SMILES string of the molecule is CN1C[C@H](Nc2cc(C(F)(F)F)nc(-c3cccnc3)n2)CC1=O.